The summed E-state index contributed by atoms with van der Waals surface area (Å²) in [5.74, 6) is 1.99. The van der Waals surface area contributed by atoms with E-state index in [1.165, 1.54) is 56.9 Å². The second-order valence-corrected chi connectivity index (χ2v) is 11.5. The molecule has 1 fully saturated rings. The highest BCUT2D eigenvalue weighted by Crippen LogP contribution is 2.33. The SMILES string of the molecule is CCCCCCCCCCc1cnc(N2CCC(c3nc(C(Oc4ccccc4)n4cnnn4)cs3)CC2)nc1. The highest BCUT2D eigenvalue weighted by atomic mass is 32.1. The molecule has 1 saturated heterocycles. The number of aryl methyl sites for hydroxylation is 1. The Hall–Kier alpha value is -3.40. The minimum atomic E-state index is -0.514. The minimum Gasteiger partial charge on any atom is -0.463 e. The van der Waals surface area contributed by atoms with Crippen LogP contribution in [-0.2, 0) is 6.42 Å². The molecule has 10 heteroatoms. The molecule has 0 aliphatic carbocycles. The summed E-state index contributed by atoms with van der Waals surface area (Å²) in [6.45, 7) is 4.12. The third kappa shape index (κ3) is 7.84. The van der Waals surface area contributed by atoms with Crippen molar-refractivity contribution in [3.8, 4) is 5.75 Å². The van der Waals surface area contributed by atoms with Gasteiger partial charge in [-0.3, -0.25) is 0 Å². The molecule has 0 bridgehead atoms. The Morgan fingerprint density at radius 3 is 2.38 bits per heavy atom. The molecule has 0 amide bonds. The summed E-state index contributed by atoms with van der Waals surface area (Å²) in [7, 11) is 0. The average molecular weight is 561 g/mol. The first kappa shape index (κ1) is 28.1. The Balaban J connectivity index is 1.10. The van der Waals surface area contributed by atoms with Crippen molar-refractivity contribution in [2.75, 3.05) is 18.0 Å². The van der Waals surface area contributed by atoms with E-state index in [-0.39, 0.29) is 0 Å². The van der Waals surface area contributed by atoms with Gasteiger partial charge in [-0.1, -0.05) is 70.1 Å². The van der Waals surface area contributed by atoms with Crippen LogP contribution in [0.25, 0.3) is 0 Å². The number of hydrogen-bond acceptors (Lipinski definition) is 9. The lowest BCUT2D eigenvalue weighted by molar-refractivity contribution is 0.152. The smallest absolute Gasteiger partial charge is 0.238 e. The zero-order chi connectivity index (χ0) is 27.4. The molecule has 1 aliphatic rings. The molecule has 1 atom stereocenters. The summed E-state index contributed by atoms with van der Waals surface area (Å²) >= 11 is 1.68. The molecule has 1 unspecified atom stereocenters. The van der Waals surface area contributed by atoms with E-state index >= 15 is 0 Å². The molecule has 0 spiro atoms. The number of hydrogen-bond donors (Lipinski definition) is 0. The van der Waals surface area contributed by atoms with E-state index in [9.17, 15) is 0 Å². The number of para-hydroxylation sites is 1. The first-order chi connectivity index (χ1) is 19.8. The van der Waals surface area contributed by atoms with Gasteiger partial charge >= 0.3 is 0 Å². The Morgan fingerprint density at radius 1 is 0.950 bits per heavy atom. The van der Waals surface area contributed by atoms with Gasteiger partial charge in [0.15, 0.2) is 0 Å². The lowest BCUT2D eigenvalue weighted by atomic mass is 9.98. The normalized spacial score (nSPS) is 14.9. The van der Waals surface area contributed by atoms with Crippen LogP contribution < -0.4 is 9.64 Å². The van der Waals surface area contributed by atoms with E-state index in [0.29, 0.717) is 5.92 Å². The Kier molecular flexibility index (Phi) is 10.4. The number of piperidine rings is 1. The molecule has 1 aliphatic heterocycles. The zero-order valence-electron chi connectivity index (χ0n) is 23.4. The molecule has 40 heavy (non-hydrogen) atoms. The molecule has 5 rings (SSSR count). The van der Waals surface area contributed by atoms with Crippen molar-refractivity contribution in [1.29, 1.82) is 0 Å². The van der Waals surface area contributed by atoms with Gasteiger partial charge in [0, 0.05) is 36.8 Å². The molecule has 0 saturated carbocycles. The minimum absolute atomic E-state index is 0.405. The first-order valence-corrected chi connectivity index (χ1v) is 15.6. The molecule has 9 nitrogen and oxygen atoms in total. The number of unbranched alkanes of at least 4 members (excludes halogenated alkanes) is 7. The van der Waals surface area contributed by atoms with Crippen molar-refractivity contribution in [3.63, 3.8) is 0 Å². The van der Waals surface area contributed by atoms with Gasteiger partial charge < -0.3 is 9.64 Å². The number of benzene rings is 1. The van der Waals surface area contributed by atoms with Gasteiger partial charge in [0.25, 0.3) is 0 Å². The fourth-order valence-corrected chi connectivity index (χ4v) is 6.18. The molecular weight excluding hydrogens is 520 g/mol. The van der Waals surface area contributed by atoms with Crippen molar-refractivity contribution < 1.29 is 4.74 Å². The summed E-state index contributed by atoms with van der Waals surface area (Å²) < 4.78 is 7.83. The number of anilines is 1. The Labute approximate surface area is 241 Å². The van der Waals surface area contributed by atoms with E-state index in [4.69, 9.17) is 19.7 Å². The summed E-state index contributed by atoms with van der Waals surface area (Å²) in [5.41, 5.74) is 2.06. The number of nitrogens with zero attached hydrogens (tertiary/aromatic N) is 8. The van der Waals surface area contributed by atoms with Crippen LogP contribution in [0.1, 0.15) is 99.5 Å². The monoisotopic (exact) mass is 560 g/mol. The molecular formula is C30H40N8OS. The summed E-state index contributed by atoms with van der Waals surface area (Å²) in [6, 6.07) is 9.70. The summed E-state index contributed by atoms with van der Waals surface area (Å²) in [6.07, 6.45) is 18.9. The van der Waals surface area contributed by atoms with Gasteiger partial charge in [-0.25, -0.2) is 15.0 Å². The molecule has 0 N–H and O–H groups in total. The zero-order valence-corrected chi connectivity index (χ0v) is 24.3. The lowest BCUT2D eigenvalue weighted by Crippen LogP contribution is -2.34. The topological polar surface area (TPSA) is 94.7 Å². The van der Waals surface area contributed by atoms with Crippen LogP contribution in [0, 0.1) is 0 Å². The van der Waals surface area contributed by atoms with Gasteiger partial charge in [-0.05, 0) is 53.8 Å². The highest BCUT2D eigenvalue weighted by molar-refractivity contribution is 7.09. The average Bonchev–Trinajstić information content (AvgIpc) is 3.72. The number of thiazole rings is 1. The van der Waals surface area contributed by atoms with Gasteiger partial charge in [0.2, 0.25) is 12.2 Å². The van der Waals surface area contributed by atoms with E-state index in [1.54, 1.807) is 22.3 Å². The Morgan fingerprint density at radius 2 is 1.68 bits per heavy atom. The van der Waals surface area contributed by atoms with Gasteiger partial charge in [-0.15, -0.1) is 16.4 Å². The van der Waals surface area contributed by atoms with Crippen LogP contribution in [0.5, 0.6) is 5.75 Å². The molecule has 1 aromatic carbocycles. The van der Waals surface area contributed by atoms with E-state index in [2.05, 4.69) is 32.7 Å². The number of tetrazole rings is 1. The quantitative estimate of drug-likeness (QED) is 0.150. The van der Waals surface area contributed by atoms with Crippen LogP contribution in [0.3, 0.4) is 0 Å². The molecule has 3 aromatic heterocycles. The highest BCUT2D eigenvalue weighted by Gasteiger charge is 2.27. The van der Waals surface area contributed by atoms with Gasteiger partial charge in [0.1, 0.15) is 17.8 Å². The fourth-order valence-electron chi connectivity index (χ4n) is 5.19. The fraction of sp³-hybridized carbons (Fsp3) is 0.533. The van der Waals surface area contributed by atoms with E-state index in [0.717, 1.165) is 54.8 Å². The second kappa shape index (κ2) is 14.8. The van der Waals surface area contributed by atoms with Crippen molar-refractivity contribution in [2.45, 2.75) is 89.7 Å². The standard InChI is InChI=1S/C30H40N8OS/c1-2-3-4-5-6-7-8-10-13-24-20-31-30(32-21-24)37-18-16-25(17-19-37)28-34-27(22-40-28)29(38-23-33-35-36-38)39-26-14-11-9-12-15-26/h9,11-12,14-15,20-23,25,29H,2-8,10,13,16-19H2,1H3. The predicted molar refractivity (Wildman–Crippen MR) is 158 cm³/mol. The molecule has 0 radical (unpaired) electrons. The molecule has 4 aromatic rings. The Bertz CT molecular complexity index is 1240. The van der Waals surface area contributed by atoms with Crippen molar-refractivity contribution in [1.82, 2.24) is 35.2 Å². The van der Waals surface area contributed by atoms with Crippen LogP contribution >= 0.6 is 11.3 Å². The maximum Gasteiger partial charge on any atom is 0.238 e. The van der Waals surface area contributed by atoms with Crippen molar-refractivity contribution in [3.05, 3.63) is 70.7 Å². The van der Waals surface area contributed by atoms with Crippen LogP contribution in [0.4, 0.5) is 5.95 Å². The molecule has 4 heterocycles. The predicted octanol–water partition coefficient (Wildman–Crippen LogP) is 6.61. The van der Waals surface area contributed by atoms with Gasteiger partial charge in [-0.2, -0.15) is 4.68 Å². The second-order valence-electron chi connectivity index (χ2n) is 10.6. The largest absolute Gasteiger partial charge is 0.463 e. The van der Waals surface area contributed by atoms with Crippen LogP contribution in [-0.4, -0.2) is 48.2 Å². The number of rotatable bonds is 15. The number of aromatic nitrogens is 7. The summed E-state index contributed by atoms with van der Waals surface area (Å²) in [5, 5.41) is 14.8. The number of ether oxygens (including phenoxy) is 1. The third-order valence-corrected chi connectivity index (χ3v) is 8.55. The summed E-state index contributed by atoms with van der Waals surface area (Å²) in [4.78, 5) is 16.7. The van der Waals surface area contributed by atoms with Crippen LogP contribution in [0.2, 0.25) is 0 Å². The van der Waals surface area contributed by atoms with Crippen LogP contribution in [0.15, 0.2) is 54.4 Å². The van der Waals surface area contributed by atoms with Crippen molar-refractivity contribution >= 4 is 17.3 Å². The van der Waals surface area contributed by atoms with Gasteiger partial charge in [0.05, 0.1) is 5.01 Å². The third-order valence-electron chi connectivity index (χ3n) is 7.53. The maximum absolute atomic E-state index is 6.22. The van der Waals surface area contributed by atoms with E-state index < -0.39 is 6.23 Å². The first-order valence-electron chi connectivity index (χ1n) is 14.8. The lowest BCUT2D eigenvalue weighted by Gasteiger charge is -2.31. The van der Waals surface area contributed by atoms with E-state index in [1.807, 2.05) is 42.7 Å². The van der Waals surface area contributed by atoms with Crippen molar-refractivity contribution in [2.24, 2.45) is 0 Å². The molecule has 212 valence electrons. The maximum atomic E-state index is 6.22.